The van der Waals surface area contributed by atoms with Gasteiger partial charge in [0.1, 0.15) is 0 Å². The van der Waals surface area contributed by atoms with Crippen LogP contribution < -0.4 is 5.32 Å². The molecule has 1 aromatic carbocycles. The van der Waals surface area contributed by atoms with Gasteiger partial charge in [-0.05, 0) is 43.0 Å². The molecule has 1 atom stereocenters. The lowest BCUT2D eigenvalue weighted by molar-refractivity contribution is 0.330. The maximum Gasteiger partial charge on any atom is 0.0409 e. The summed E-state index contributed by atoms with van der Waals surface area (Å²) in [5.74, 6) is 0.769. The van der Waals surface area contributed by atoms with Crippen molar-refractivity contribution in [3.05, 3.63) is 34.9 Å². The Hall–Kier alpha value is -0.530. The quantitative estimate of drug-likeness (QED) is 0.759. The molecule has 1 unspecified atom stereocenters. The topological polar surface area (TPSA) is 12.0 Å². The van der Waals surface area contributed by atoms with Crippen LogP contribution in [0.1, 0.15) is 57.1 Å². The summed E-state index contributed by atoms with van der Waals surface area (Å²) in [6, 6.07) is 8.84. The Kier molecular flexibility index (Phi) is 5.52. The number of nitrogens with one attached hydrogen (secondary N) is 1. The van der Waals surface area contributed by atoms with Crippen LogP contribution in [0, 0.1) is 5.92 Å². The van der Waals surface area contributed by atoms with E-state index >= 15 is 0 Å². The average molecular weight is 266 g/mol. The van der Waals surface area contributed by atoms with E-state index in [1.165, 1.54) is 44.1 Å². The molecule has 0 spiro atoms. The lowest BCUT2D eigenvalue weighted by Gasteiger charge is -2.27. The lowest BCUT2D eigenvalue weighted by Crippen LogP contribution is -2.28. The minimum absolute atomic E-state index is 0.479. The molecule has 0 saturated heterocycles. The van der Waals surface area contributed by atoms with E-state index in [-0.39, 0.29) is 0 Å². The molecule has 1 aliphatic carbocycles. The first kappa shape index (κ1) is 13.9. The number of hydrogen-bond acceptors (Lipinski definition) is 1. The molecule has 18 heavy (non-hydrogen) atoms. The minimum atomic E-state index is 0.479. The van der Waals surface area contributed by atoms with Crippen LogP contribution in [0.25, 0.3) is 0 Å². The zero-order valence-corrected chi connectivity index (χ0v) is 12.0. The predicted octanol–water partition coefficient (Wildman–Crippen LogP) is 4.96. The SMILES string of the molecule is CCNC(c1cccc(Cl)c1)C1CCCCCC1. The van der Waals surface area contributed by atoms with Gasteiger partial charge in [0, 0.05) is 11.1 Å². The van der Waals surface area contributed by atoms with Crippen LogP contribution in [-0.2, 0) is 0 Å². The largest absolute Gasteiger partial charge is 0.310 e. The Labute approximate surface area is 116 Å². The third-order valence-electron chi connectivity index (χ3n) is 4.00. The van der Waals surface area contributed by atoms with Gasteiger partial charge in [-0.25, -0.2) is 0 Å². The Morgan fingerprint density at radius 2 is 1.94 bits per heavy atom. The second-order valence-corrected chi connectivity index (χ2v) is 5.78. The molecular weight excluding hydrogens is 242 g/mol. The van der Waals surface area contributed by atoms with Gasteiger partial charge < -0.3 is 5.32 Å². The summed E-state index contributed by atoms with van der Waals surface area (Å²) in [5.41, 5.74) is 1.36. The summed E-state index contributed by atoms with van der Waals surface area (Å²) in [4.78, 5) is 0. The second kappa shape index (κ2) is 7.16. The predicted molar refractivity (Wildman–Crippen MR) is 79.1 cm³/mol. The first-order valence-electron chi connectivity index (χ1n) is 7.30. The smallest absolute Gasteiger partial charge is 0.0409 e. The van der Waals surface area contributed by atoms with Gasteiger partial charge in [-0.2, -0.15) is 0 Å². The highest BCUT2D eigenvalue weighted by atomic mass is 35.5. The molecule has 1 aliphatic rings. The highest BCUT2D eigenvalue weighted by molar-refractivity contribution is 6.30. The van der Waals surface area contributed by atoms with Crippen LogP contribution in [0.3, 0.4) is 0 Å². The van der Waals surface area contributed by atoms with Crippen molar-refractivity contribution in [3.8, 4) is 0 Å². The zero-order chi connectivity index (χ0) is 12.8. The van der Waals surface area contributed by atoms with E-state index in [1.54, 1.807) is 0 Å². The van der Waals surface area contributed by atoms with Gasteiger partial charge in [0.2, 0.25) is 0 Å². The Bertz CT molecular complexity index is 356. The van der Waals surface area contributed by atoms with Crippen LogP contribution in [0.4, 0.5) is 0 Å². The fraction of sp³-hybridized carbons (Fsp3) is 0.625. The molecule has 0 aromatic heterocycles. The van der Waals surface area contributed by atoms with Gasteiger partial charge in [-0.15, -0.1) is 0 Å². The first-order chi connectivity index (χ1) is 8.81. The number of hydrogen-bond donors (Lipinski definition) is 1. The minimum Gasteiger partial charge on any atom is -0.310 e. The van der Waals surface area contributed by atoms with Crippen LogP contribution in [0.15, 0.2) is 24.3 Å². The summed E-state index contributed by atoms with van der Waals surface area (Å²) in [5, 5.41) is 4.52. The molecule has 100 valence electrons. The van der Waals surface area contributed by atoms with E-state index in [2.05, 4.69) is 30.4 Å². The van der Waals surface area contributed by atoms with Crippen molar-refractivity contribution < 1.29 is 0 Å². The number of halogens is 1. The fourth-order valence-corrected chi connectivity index (χ4v) is 3.32. The molecular formula is C16H24ClN. The van der Waals surface area contributed by atoms with Crippen LogP contribution in [0.5, 0.6) is 0 Å². The van der Waals surface area contributed by atoms with Crippen molar-refractivity contribution in [3.63, 3.8) is 0 Å². The molecule has 0 aliphatic heterocycles. The van der Waals surface area contributed by atoms with Crippen molar-refractivity contribution in [1.82, 2.24) is 5.32 Å². The maximum atomic E-state index is 6.13. The van der Waals surface area contributed by atoms with Gasteiger partial charge in [-0.3, -0.25) is 0 Å². The lowest BCUT2D eigenvalue weighted by atomic mass is 9.87. The van der Waals surface area contributed by atoms with Crippen LogP contribution in [0.2, 0.25) is 5.02 Å². The maximum absolute atomic E-state index is 6.13. The van der Waals surface area contributed by atoms with E-state index in [9.17, 15) is 0 Å². The van der Waals surface area contributed by atoms with Gasteiger partial charge in [0.05, 0.1) is 0 Å². The van der Waals surface area contributed by atoms with Gasteiger partial charge in [0.25, 0.3) is 0 Å². The summed E-state index contributed by atoms with van der Waals surface area (Å²) < 4.78 is 0. The van der Waals surface area contributed by atoms with E-state index in [1.807, 2.05) is 6.07 Å². The average Bonchev–Trinajstić information content (AvgIpc) is 2.64. The first-order valence-corrected chi connectivity index (χ1v) is 7.68. The van der Waals surface area contributed by atoms with Gasteiger partial charge in [0.15, 0.2) is 0 Å². The van der Waals surface area contributed by atoms with Gasteiger partial charge in [-0.1, -0.05) is 56.3 Å². The fourth-order valence-electron chi connectivity index (χ4n) is 3.12. The highest BCUT2D eigenvalue weighted by Crippen LogP contribution is 2.34. The second-order valence-electron chi connectivity index (χ2n) is 5.34. The van der Waals surface area contributed by atoms with Crippen molar-refractivity contribution in [2.24, 2.45) is 5.92 Å². The molecule has 1 N–H and O–H groups in total. The molecule has 0 bridgehead atoms. The summed E-state index contributed by atoms with van der Waals surface area (Å²) in [7, 11) is 0. The molecule has 1 fully saturated rings. The highest BCUT2D eigenvalue weighted by Gasteiger charge is 2.23. The third kappa shape index (κ3) is 3.73. The molecule has 1 nitrogen and oxygen atoms in total. The Morgan fingerprint density at radius 1 is 1.22 bits per heavy atom. The normalized spacial score (nSPS) is 19.4. The molecule has 1 aromatic rings. The molecule has 0 amide bonds. The Balaban J connectivity index is 2.15. The van der Waals surface area contributed by atoms with Crippen molar-refractivity contribution in [2.45, 2.75) is 51.5 Å². The van der Waals surface area contributed by atoms with Crippen LogP contribution >= 0.6 is 11.6 Å². The number of benzene rings is 1. The zero-order valence-electron chi connectivity index (χ0n) is 11.3. The monoisotopic (exact) mass is 265 g/mol. The summed E-state index contributed by atoms with van der Waals surface area (Å²) in [6.07, 6.45) is 8.28. The molecule has 2 heteroatoms. The molecule has 0 heterocycles. The molecule has 2 rings (SSSR count). The van der Waals surface area contributed by atoms with Crippen molar-refractivity contribution in [2.75, 3.05) is 6.54 Å². The molecule has 0 radical (unpaired) electrons. The summed E-state index contributed by atoms with van der Waals surface area (Å²) >= 11 is 6.13. The molecule has 1 saturated carbocycles. The third-order valence-corrected chi connectivity index (χ3v) is 4.24. The van der Waals surface area contributed by atoms with Crippen LogP contribution in [-0.4, -0.2) is 6.54 Å². The van der Waals surface area contributed by atoms with Gasteiger partial charge >= 0.3 is 0 Å². The number of rotatable bonds is 4. The van der Waals surface area contributed by atoms with E-state index < -0.39 is 0 Å². The van der Waals surface area contributed by atoms with E-state index in [0.29, 0.717) is 6.04 Å². The van der Waals surface area contributed by atoms with E-state index in [4.69, 9.17) is 11.6 Å². The summed E-state index contributed by atoms with van der Waals surface area (Å²) in [6.45, 7) is 3.21. The van der Waals surface area contributed by atoms with E-state index in [0.717, 1.165) is 17.5 Å². The van der Waals surface area contributed by atoms with Crippen molar-refractivity contribution in [1.29, 1.82) is 0 Å². The van der Waals surface area contributed by atoms with Crippen molar-refractivity contribution >= 4 is 11.6 Å². The standard InChI is InChI=1S/C16H24ClN/c1-2-18-16(13-8-5-3-4-6-9-13)14-10-7-11-15(17)12-14/h7,10-13,16,18H,2-6,8-9H2,1H3. The Morgan fingerprint density at radius 3 is 2.56 bits per heavy atom.